The summed E-state index contributed by atoms with van der Waals surface area (Å²) in [5.74, 6) is 21.0. The van der Waals surface area contributed by atoms with E-state index in [1.807, 2.05) is 141 Å². The molecule has 1 amide bonds. The first kappa shape index (κ1) is 72.4. The summed E-state index contributed by atoms with van der Waals surface area (Å²) in [6.45, 7) is 10.3. The molecule has 1 aliphatic heterocycles. The minimum Gasteiger partial charge on any atom is -0.497 e. The number of rotatable bonds is 19. The van der Waals surface area contributed by atoms with E-state index in [9.17, 15) is 9.90 Å². The molecule has 0 bridgehead atoms. The number of aryl methyl sites for hydroxylation is 2. The molecule has 28 nitrogen and oxygen atoms in total. The molecule has 1 fully saturated rings. The smallest absolute Gasteiger partial charge is 0.410 e. The number of carbonyl (C=O) groups is 1. The van der Waals surface area contributed by atoms with Crippen LogP contribution in [-0.2, 0) is 18.8 Å². The number of methoxy groups -OCH3 is 6. The maximum Gasteiger partial charge on any atom is 0.410 e. The summed E-state index contributed by atoms with van der Waals surface area (Å²) >= 11 is 0. The maximum absolute atomic E-state index is 12.3. The third-order valence-electron chi connectivity index (χ3n) is 18.2. The number of hydrogen-bond acceptors (Lipinski definition) is 24. The van der Waals surface area contributed by atoms with Crippen LogP contribution in [0.5, 0.6) is 34.5 Å². The highest BCUT2D eigenvalue weighted by molar-refractivity contribution is 5.86. The number of benzene rings is 6. The molecule has 0 atom stereocenters. The Labute approximate surface area is 685 Å². The number of β-amino-alcohol motifs (C(OH)–C–C–N with tert-alkyl or cyclic N) is 1. The van der Waals surface area contributed by atoms with Crippen molar-refractivity contribution in [1.82, 2.24) is 74.1 Å². The molecule has 15 rings (SSSR count). The molecule has 1 aliphatic rings. The van der Waals surface area contributed by atoms with Gasteiger partial charge in [-0.1, -0.05) is 29.6 Å². The number of fused-ring (bicyclic) bond motifs is 3. The molecule has 0 saturated carbocycles. The number of aliphatic hydroxyl groups is 1. The highest BCUT2D eigenvalue weighted by atomic mass is 16.6. The fourth-order valence-electron chi connectivity index (χ4n) is 12.3. The monoisotopic (exact) mass is 1570 g/mol. The molecule has 14 aromatic rings. The first-order chi connectivity index (χ1) is 58.8. The summed E-state index contributed by atoms with van der Waals surface area (Å²) in [7, 11) is 4.60. The minimum absolute atomic E-state index is 0.0740. The normalized spacial score (nSPS) is 12.8. The second-order valence-electron chi connectivity index (χ2n) is 28.1. The van der Waals surface area contributed by atoms with Crippen LogP contribution in [0.4, 0.5) is 44.6 Å². The predicted octanol–water partition coefficient (Wildman–Crippen LogP) is 14.1. The van der Waals surface area contributed by atoms with Crippen LogP contribution >= 0.6 is 0 Å². The zero-order valence-electron chi connectivity index (χ0n) is 72.1. The fraction of sp³-hybridized carbons (Fsp3) is 0.236. The van der Waals surface area contributed by atoms with E-state index in [1.54, 1.807) is 150 Å². The van der Waals surface area contributed by atoms with Crippen LogP contribution < -0.4 is 48.9 Å². The van der Waals surface area contributed by atoms with Crippen LogP contribution in [0.3, 0.4) is 0 Å². The van der Waals surface area contributed by atoms with E-state index in [4.69, 9.17) is 62.1 Å². The van der Waals surface area contributed by atoms with E-state index in [-0.39, 0.29) is 43.7 Å². The van der Waals surface area contributed by atoms with E-state index in [0.29, 0.717) is 80.2 Å². The van der Waals surface area contributed by atoms with Crippen LogP contribution in [-0.4, -0.2) is 172 Å². The molecule has 592 valence electrons. The SMILES string of the molecule is COc1cc(OC)cc(N(CC#CC2(O)CN(C(=O)OC(C)(C)C)C2)c2ccc3ncc(-c4cnn(C)c4)nc3c2)c1.COc1cc(OC)cc(N(CC#Cc2ncccc2N)c2ccc3ncc(-c4cnn(C)c4)nc3c2)c1.[2H]C([2H])([2H])Oc1cc(OC([2H])([2H])[2H])cc(N(CC#Cc2ccncc2)c2ccc3ncc(-c4cnn(C(C)C)c4)nc3c2)c1. The highest BCUT2D eigenvalue weighted by Crippen LogP contribution is 2.39. The van der Waals surface area contributed by atoms with Gasteiger partial charge in [0.15, 0.2) is 5.60 Å². The van der Waals surface area contributed by atoms with Crippen molar-refractivity contribution in [3.63, 3.8) is 0 Å². The molecule has 0 radical (unpaired) electrons. The van der Waals surface area contributed by atoms with Gasteiger partial charge in [-0.15, -0.1) is 0 Å². The Bertz CT molecular complexity index is 6280. The van der Waals surface area contributed by atoms with Crippen LogP contribution in [0.15, 0.2) is 208 Å². The van der Waals surface area contributed by atoms with Gasteiger partial charge in [0, 0.05) is 168 Å². The summed E-state index contributed by atoms with van der Waals surface area (Å²) in [5, 5.41) is 23.8. The molecule has 28 heteroatoms. The van der Waals surface area contributed by atoms with Gasteiger partial charge in [0.05, 0.1) is 177 Å². The summed E-state index contributed by atoms with van der Waals surface area (Å²) in [6.07, 6.45) is 20.6. The van der Waals surface area contributed by atoms with E-state index in [1.165, 1.54) is 23.1 Å². The molecule has 0 spiro atoms. The van der Waals surface area contributed by atoms with Gasteiger partial charge >= 0.3 is 6.09 Å². The molecule has 6 aromatic carbocycles. The van der Waals surface area contributed by atoms with Crippen LogP contribution in [0.1, 0.15) is 60.1 Å². The van der Waals surface area contributed by atoms with Crippen LogP contribution in [0, 0.1) is 35.5 Å². The number of amides is 1. The number of anilines is 7. The van der Waals surface area contributed by atoms with E-state index in [2.05, 4.69) is 80.6 Å². The number of likely N-dealkylation sites (tertiary alicyclic amines) is 1. The largest absolute Gasteiger partial charge is 0.497 e. The summed E-state index contributed by atoms with van der Waals surface area (Å²) in [4.78, 5) is 56.1. The lowest BCUT2D eigenvalue weighted by Gasteiger charge is -2.43. The zero-order valence-corrected chi connectivity index (χ0v) is 66.1. The van der Waals surface area contributed by atoms with Gasteiger partial charge in [0.25, 0.3) is 0 Å². The maximum atomic E-state index is 12.3. The number of carbonyl (C=O) groups excluding carboxylic acids is 1. The Morgan fingerprint density at radius 3 is 1.32 bits per heavy atom. The molecular weight excluding hydrogens is 1480 g/mol. The molecule has 117 heavy (non-hydrogen) atoms. The standard InChI is InChI=1S/C31H34N6O5.C30H28N6O2.C28H25N7O2/c1-30(2,3)42-29(38)36-19-31(39,20-36)10-7-11-37(23-12-24(40-5)15-25(13-23)41-6)22-8-9-26-27(14-22)34-28(17-32-26)21-16-33-35(4)18-21;1-21(2)36-20-23(18-33-36)30-19-32-28-8-7-24(16-29(28)34-30)35(13-5-6-22-9-11-31-12-10-22)25-14-26(37-3)17-27(15-25)38-4;1-34-18-19(16-32-34)28-17-31-26-9-8-20(14-27(26)33-28)35(11-5-7-25-24(29)6-4-10-30-25)21-12-22(36-2)15-23(13-21)37-3/h8-9,12-18,39H,11,19-20H2,1-6H3;7-12,14-21H,13H2,1-4H3;4,6,8-10,12-18H,11,29H2,1-3H3/i;3D3,4D3;. The number of pyridine rings is 2. The summed E-state index contributed by atoms with van der Waals surface area (Å²) in [6, 6.07) is 39.9. The predicted molar refractivity (Wildman–Crippen MR) is 451 cm³/mol. The fourth-order valence-corrected chi connectivity index (χ4v) is 12.3. The van der Waals surface area contributed by atoms with Gasteiger partial charge in [-0.25, -0.2) is 24.7 Å². The minimum atomic E-state index is -2.78. The first-order valence-corrected chi connectivity index (χ1v) is 36.8. The average molecular weight is 1570 g/mol. The number of nitrogen functional groups attached to an aromatic ring is 1. The van der Waals surface area contributed by atoms with E-state index < -0.39 is 31.4 Å². The van der Waals surface area contributed by atoms with Crippen molar-refractivity contribution in [3.05, 3.63) is 219 Å². The first-order valence-electron chi connectivity index (χ1n) is 39.8. The number of ether oxygens (including phenoxy) is 7. The second-order valence-corrected chi connectivity index (χ2v) is 28.1. The molecule has 3 N–H and O–H groups in total. The quantitative estimate of drug-likeness (QED) is 0.0711. The lowest BCUT2D eigenvalue weighted by Crippen LogP contribution is -2.63. The molecule has 0 unspecified atom stereocenters. The zero-order chi connectivity index (χ0) is 87.3. The van der Waals surface area contributed by atoms with E-state index in [0.717, 1.165) is 67.2 Å². The number of hydrogen-bond donors (Lipinski definition) is 2. The lowest BCUT2D eigenvalue weighted by atomic mass is 9.95. The topological polar surface area (TPSA) is 297 Å². The molecule has 1 saturated heterocycles. The van der Waals surface area contributed by atoms with Crippen molar-refractivity contribution in [1.29, 1.82) is 0 Å². The highest BCUT2D eigenvalue weighted by Gasteiger charge is 2.44. The Morgan fingerprint density at radius 1 is 0.513 bits per heavy atom. The van der Waals surface area contributed by atoms with Gasteiger partial charge in [-0.3, -0.25) is 34.0 Å². The Kier molecular flexibility index (Phi) is 22.2. The number of aromatic nitrogens is 14. The third kappa shape index (κ3) is 20.0. The van der Waals surface area contributed by atoms with E-state index >= 15 is 0 Å². The number of nitrogens with zero attached hydrogens (tertiary/aromatic N) is 18. The summed E-state index contributed by atoms with van der Waals surface area (Å²) in [5.41, 5.74) is 19.2. The molecule has 0 aliphatic carbocycles. The van der Waals surface area contributed by atoms with Crippen molar-refractivity contribution < 1.29 is 51.3 Å². The van der Waals surface area contributed by atoms with Gasteiger partial charge in [0.2, 0.25) is 0 Å². The molecular formula is C89H87N19O9. The Balaban J connectivity index is 0.000000159. The van der Waals surface area contributed by atoms with Gasteiger partial charge in [0.1, 0.15) is 45.8 Å². The third-order valence-corrected chi connectivity index (χ3v) is 18.2. The number of nitrogens with two attached hydrogens (primary N) is 1. The van der Waals surface area contributed by atoms with Crippen LogP contribution in [0.2, 0.25) is 0 Å². The van der Waals surface area contributed by atoms with Crippen molar-refractivity contribution in [2.24, 2.45) is 14.1 Å². The van der Waals surface area contributed by atoms with Crippen molar-refractivity contribution in [2.45, 2.75) is 51.9 Å². The second kappa shape index (κ2) is 35.9. The Morgan fingerprint density at radius 2 is 0.932 bits per heavy atom. The van der Waals surface area contributed by atoms with Crippen molar-refractivity contribution in [3.8, 4) is 104 Å². The summed E-state index contributed by atoms with van der Waals surface area (Å²) < 4.78 is 88.5. The average Bonchev–Trinajstić information content (AvgIpc) is 1.79. The lowest BCUT2D eigenvalue weighted by molar-refractivity contribution is -0.0638. The van der Waals surface area contributed by atoms with Gasteiger partial charge in [-0.2, -0.15) is 15.3 Å². The molecule has 9 heterocycles. The van der Waals surface area contributed by atoms with Crippen molar-refractivity contribution >= 4 is 79.0 Å². The van der Waals surface area contributed by atoms with Crippen molar-refractivity contribution in [2.75, 3.05) is 95.7 Å². The van der Waals surface area contributed by atoms with Crippen LogP contribution in [0.25, 0.3) is 66.9 Å². The molecule has 8 aromatic heterocycles. The van der Waals surface area contributed by atoms with Gasteiger partial charge in [-0.05, 0) is 119 Å². The van der Waals surface area contributed by atoms with Gasteiger partial charge < -0.3 is 63.6 Å². The Hall–Kier alpha value is -14.8.